The van der Waals surface area contributed by atoms with Crippen molar-refractivity contribution < 1.29 is 4.74 Å². The standard InChI is InChI=1S/C11H10BNO/c1-14-11-5-9-7(4-10(11)12)2-3-8(9)6-13/h4-5,8H,2-3H2,1H3. The van der Waals surface area contributed by atoms with Crippen molar-refractivity contribution >= 4 is 13.3 Å². The topological polar surface area (TPSA) is 33.0 Å². The van der Waals surface area contributed by atoms with Crippen LogP contribution in [0, 0.1) is 11.3 Å². The van der Waals surface area contributed by atoms with Gasteiger partial charge in [0.1, 0.15) is 13.6 Å². The van der Waals surface area contributed by atoms with E-state index in [2.05, 4.69) is 6.07 Å². The van der Waals surface area contributed by atoms with E-state index < -0.39 is 0 Å². The van der Waals surface area contributed by atoms with Crippen molar-refractivity contribution in [3.05, 3.63) is 23.3 Å². The number of nitriles is 1. The summed E-state index contributed by atoms with van der Waals surface area (Å²) in [6, 6.07) is 6.11. The highest BCUT2D eigenvalue weighted by molar-refractivity contribution is 6.34. The first-order chi connectivity index (χ1) is 6.76. The predicted octanol–water partition coefficient (Wildman–Crippen LogP) is 1.04. The number of aryl methyl sites for hydroxylation is 1. The average Bonchev–Trinajstić information content (AvgIpc) is 2.58. The van der Waals surface area contributed by atoms with Crippen molar-refractivity contribution in [2.45, 2.75) is 18.8 Å². The summed E-state index contributed by atoms with van der Waals surface area (Å²) < 4.78 is 5.13. The molecule has 14 heavy (non-hydrogen) atoms. The van der Waals surface area contributed by atoms with Gasteiger partial charge in [-0.2, -0.15) is 5.26 Å². The van der Waals surface area contributed by atoms with Crippen molar-refractivity contribution in [2.24, 2.45) is 0 Å². The molecule has 0 saturated carbocycles. The van der Waals surface area contributed by atoms with Crippen LogP contribution in [0.4, 0.5) is 0 Å². The Labute approximate surface area is 84.9 Å². The first kappa shape index (κ1) is 9.14. The number of ether oxygens (including phenoxy) is 1. The molecule has 0 N–H and O–H groups in total. The lowest BCUT2D eigenvalue weighted by molar-refractivity contribution is 0.417. The second-order valence-corrected chi connectivity index (χ2v) is 3.51. The molecule has 0 fully saturated rings. The van der Waals surface area contributed by atoms with Crippen molar-refractivity contribution in [1.29, 1.82) is 5.26 Å². The van der Waals surface area contributed by atoms with Gasteiger partial charge in [-0.25, -0.2) is 0 Å². The highest BCUT2D eigenvalue weighted by atomic mass is 16.5. The van der Waals surface area contributed by atoms with E-state index in [1.54, 1.807) is 7.11 Å². The van der Waals surface area contributed by atoms with E-state index in [4.69, 9.17) is 17.8 Å². The zero-order valence-electron chi connectivity index (χ0n) is 8.08. The lowest BCUT2D eigenvalue weighted by Crippen LogP contribution is -2.09. The summed E-state index contributed by atoms with van der Waals surface area (Å²) in [6.45, 7) is 0. The van der Waals surface area contributed by atoms with Gasteiger partial charge in [-0.3, -0.25) is 0 Å². The van der Waals surface area contributed by atoms with Gasteiger partial charge in [-0.1, -0.05) is 11.5 Å². The fourth-order valence-electron chi connectivity index (χ4n) is 1.97. The van der Waals surface area contributed by atoms with Crippen LogP contribution in [0.25, 0.3) is 0 Å². The van der Waals surface area contributed by atoms with Crippen molar-refractivity contribution in [2.75, 3.05) is 7.11 Å². The molecule has 0 bridgehead atoms. The number of methoxy groups -OCH3 is 1. The van der Waals surface area contributed by atoms with Crippen LogP contribution < -0.4 is 10.2 Å². The Morgan fingerprint density at radius 3 is 3.00 bits per heavy atom. The van der Waals surface area contributed by atoms with E-state index in [0.29, 0.717) is 11.2 Å². The van der Waals surface area contributed by atoms with Gasteiger partial charge in [0.2, 0.25) is 0 Å². The smallest absolute Gasteiger partial charge is 0.119 e. The molecule has 3 heteroatoms. The van der Waals surface area contributed by atoms with Gasteiger partial charge >= 0.3 is 0 Å². The van der Waals surface area contributed by atoms with E-state index >= 15 is 0 Å². The van der Waals surface area contributed by atoms with Crippen LogP contribution in [-0.4, -0.2) is 15.0 Å². The van der Waals surface area contributed by atoms with Gasteiger partial charge in [0.15, 0.2) is 0 Å². The summed E-state index contributed by atoms with van der Waals surface area (Å²) in [5, 5.41) is 8.92. The normalized spacial score (nSPS) is 18.7. The summed E-state index contributed by atoms with van der Waals surface area (Å²) >= 11 is 0. The van der Waals surface area contributed by atoms with E-state index in [0.717, 1.165) is 18.4 Å². The van der Waals surface area contributed by atoms with Crippen LogP contribution in [0.2, 0.25) is 0 Å². The van der Waals surface area contributed by atoms with Gasteiger partial charge in [0.05, 0.1) is 19.1 Å². The number of benzene rings is 1. The molecule has 0 heterocycles. The zero-order chi connectivity index (χ0) is 10.1. The number of rotatable bonds is 1. The SMILES string of the molecule is [B]c1cc2c(cc1OC)C(C#N)CC2. The van der Waals surface area contributed by atoms with Crippen LogP contribution >= 0.6 is 0 Å². The van der Waals surface area contributed by atoms with Gasteiger partial charge in [-0.15, -0.1) is 0 Å². The molecule has 1 unspecified atom stereocenters. The lowest BCUT2D eigenvalue weighted by Gasteiger charge is -2.09. The molecule has 2 nitrogen and oxygen atoms in total. The molecule has 1 atom stereocenters. The van der Waals surface area contributed by atoms with Gasteiger partial charge in [-0.05, 0) is 30.0 Å². The molecule has 1 aliphatic rings. The fraction of sp³-hybridized carbons (Fsp3) is 0.364. The number of hydrogen-bond acceptors (Lipinski definition) is 2. The molecule has 0 aliphatic heterocycles. The molecule has 0 spiro atoms. The van der Waals surface area contributed by atoms with E-state index in [-0.39, 0.29) is 5.92 Å². The van der Waals surface area contributed by atoms with Crippen molar-refractivity contribution in [3.8, 4) is 11.8 Å². The summed E-state index contributed by atoms with van der Waals surface area (Å²) in [6.07, 6.45) is 1.85. The Kier molecular flexibility index (Phi) is 2.21. The molecule has 68 valence electrons. The van der Waals surface area contributed by atoms with Crippen molar-refractivity contribution in [3.63, 3.8) is 0 Å². The molecule has 2 radical (unpaired) electrons. The molecule has 0 amide bonds. The number of fused-ring (bicyclic) bond motifs is 1. The highest BCUT2D eigenvalue weighted by Crippen LogP contribution is 2.33. The predicted molar refractivity (Wildman–Crippen MR) is 55.1 cm³/mol. The summed E-state index contributed by atoms with van der Waals surface area (Å²) in [4.78, 5) is 0. The van der Waals surface area contributed by atoms with E-state index in [1.807, 2.05) is 12.1 Å². The Morgan fingerprint density at radius 1 is 1.57 bits per heavy atom. The van der Waals surface area contributed by atoms with Crippen molar-refractivity contribution in [1.82, 2.24) is 0 Å². The Balaban J connectivity index is 2.51. The first-order valence-electron chi connectivity index (χ1n) is 4.62. The Morgan fingerprint density at radius 2 is 2.36 bits per heavy atom. The monoisotopic (exact) mass is 183 g/mol. The number of hydrogen-bond donors (Lipinski definition) is 0. The Hall–Kier alpha value is -1.43. The third-order valence-corrected chi connectivity index (χ3v) is 2.73. The van der Waals surface area contributed by atoms with Crippen LogP contribution in [0.5, 0.6) is 5.75 Å². The summed E-state index contributed by atoms with van der Waals surface area (Å²) in [5.74, 6) is 0.686. The van der Waals surface area contributed by atoms with Crippen LogP contribution in [0.3, 0.4) is 0 Å². The largest absolute Gasteiger partial charge is 0.497 e. The molecular formula is C11H10BNO. The summed E-state index contributed by atoms with van der Waals surface area (Å²) in [5.41, 5.74) is 2.93. The van der Waals surface area contributed by atoms with Crippen LogP contribution in [0.1, 0.15) is 23.5 Å². The molecule has 1 aromatic rings. The van der Waals surface area contributed by atoms with E-state index in [1.165, 1.54) is 5.56 Å². The molecule has 0 aromatic heterocycles. The maximum absolute atomic E-state index is 8.92. The number of nitrogens with zero attached hydrogens (tertiary/aromatic N) is 1. The van der Waals surface area contributed by atoms with Crippen LogP contribution in [-0.2, 0) is 6.42 Å². The quantitative estimate of drug-likeness (QED) is 0.609. The fourth-order valence-corrected chi connectivity index (χ4v) is 1.97. The van der Waals surface area contributed by atoms with E-state index in [9.17, 15) is 0 Å². The second-order valence-electron chi connectivity index (χ2n) is 3.51. The van der Waals surface area contributed by atoms with Crippen LogP contribution in [0.15, 0.2) is 12.1 Å². The average molecular weight is 183 g/mol. The molecule has 1 aliphatic carbocycles. The lowest BCUT2D eigenvalue weighted by atomic mass is 9.90. The third-order valence-electron chi connectivity index (χ3n) is 2.73. The maximum Gasteiger partial charge on any atom is 0.119 e. The zero-order valence-corrected chi connectivity index (χ0v) is 8.08. The molecular weight excluding hydrogens is 173 g/mol. The molecule has 1 aromatic carbocycles. The maximum atomic E-state index is 8.92. The molecule has 2 rings (SSSR count). The highest BCUT2D eigenvalue weighted by Gasteiger charge is 2.23. The third kappa shape index (κ3) is 1.28. The van der Waals surface area contributed by atoms with Gasteiger partial charge in [0, 0.05) is 0 Å². The second kappa shape index (κ2) is 3.38. The minimum atomic E-state index is 0.0134. The van der Waals surface area contributed by atoms with Gasteiger partial charge in [0.25, 0.3) is 0 Å². The minimum Gasteiger partial charge on any atom is -0.497 e. The Bertz CT molecular complexity index is 408. The summed E-state index contributed by atoms with van der Waals surface area (Å²) in [7, 11) is 7.37. The minimum absolute atomic E-state index is 0.0134. The molecule has 0 saturated heterocycles. The first-order valence-corrected chi connectivity index (χ1v) is 4.62. The van der Waals surface area contributed by atoms with Gasteiger partial charge < -0.3 is 4.74 Å².